The molecule has 1 amide bonds. The van der Waals surface area contributed by atoms with Gasteiger partial charge in [0.25, 0.3) is 0 Å². The second kappa shape index (κ2) is 10.4. The van der Waals surface area contributed by atoms with Crippen molar-refractivity contribution in [2.75, 3.05) is 12.4 Å². The third-order valence-electron chi connectivity index (χ3n) is 4.72. The molecule has 3 aromatic carbocycles. The number of benzene rings is 3. The standard InChI is InChI=1S/C23H22Cl2N2O4S/c1-15-11-12-20(31-2)21(13-15)32(29,30)27-19(14-16-7-4-3-5-8-16)23(28)26-22-17(24)9-6-10-18(22)25/h3-13,19,27H,14H2,1-2H3,(H,26,28)/t19-/m0/s1. The molecular weight excluding hydrogens is 471 g/mol. The van der Waals surface area contributed by atoms with Crippen LogP contribution in [0, 0.1) is 6.92 Å². The van der Waals surface area contributed by atoms with Crippen LogP contribution in [0.5, 0.6) is 5.75 Å². The van der Waals surface area contributed by atoms with Gasteiger partial charge in [-0.05, 0) is 48.7 Å². The molecule has 1 atom stereocenters. The minimum atomic E-state index is -4.10. The van der Waals surface area contributed by atoms with Gasteiger partial charge in [0, 0.05) is 0 Å². The molecule has 2 N–H and O–H groups in total. The number of carbonyl (C=O) groups is 1. The zero-order valence-electron chi connectivity index (χ0n) is 17.4. The van der Waals surface area contributed by atoms with Crippen molar-refractivity contribution < 1.29 is 17.9 Å². The Morgan fingerprint density at radius 2 is 1.66 bits per heavy atom. The van der Waals surface area contributed by atoms with Crippen LogP contribution < -0.4 is 14.8 Å². The molecule has 0 aliphatic rings. The highest BCUT2D eigenvalue weighted by Crippen LogP contribution is 2.30. The molecule has 0 spiro atoms. The first-order valence-electron chi connectivity index (χ1n) is 9.67. The Bertz CT molecular complexity index is 1200. The van der Waals surface area contributed by atoms with Gasteiger partial charge in [-0.3, -0.25) is 4.79 Å². The maximum absolute atomic E-state index is 13.2. The quantitative estimate of drug-likeness (QED) is 0.471. The van der Waals surface area contributed by atoms with E-state index < -0.39 is 22.0 Å². The van der Waals surface area contributed by atoms with Gasteiger partial charge in [0.1, 0.15) is 16.7 Å². The zero-order valence-corrected chi connectivity index (χ0v) is 19.8. The van der Waals surface area contributed by atoms with Crippen LogP contribution >= 0.6 is 23.2 Å². The van der Waals surface area contributed by atoms with Crippen LogP contribution in [-0.4, -0.2) is 27.5 Å². The number of rotatable bonds is 8. The fourth-order valence-corrected chi connectivity index (χ4v) is 5.05. The molecule has 3 rings (SSSR count). The number of hydrogen-bond donors (Lipinski definition) is 2. The average molecular weight is 493 g/mol. The lowest BCUT2D eigenvalue weighted by Crippen LogP contribution is -2.45. The molecule has 0 heterocycles. The summed E-state index contributed by atoms with van der Waals surface area (Å²) in [7, 11) is -2.72. The van der Waals surface area contributed by atoms with Crippen LogP contribution in [0.15, 0.2) is 71.6 Å². The molecule has 168 valence electrons. The van der Waals surface area contributed by atoms with E-state index >= 15 is 0 Å². The van der Waals surface area contributed by atoms with E-state index in [4.69, 9.17) is 27.9 Å². The molecule has 32 heavy (non-hydrogen) atoms. The fraction of sp³-hybridized carbons (Fsp3) is 0.174. The molecule has 0 saturated carbocycles. The van der Waals surface area contributed by atoms with Gasteiger partial charge in [0.2, 0.25) is 15.9 Å². The number of carbonyl (C=O) groups excluding carboxylic acids is 1. The molecule has 0 aliphatic heterocycles. The number of aryl methyl sites for hydroxylation is 1. The molecule has 0 fully saturated rings. The first-order valence-corrected chi connectivity index (χ1v) is 11.9. The Labute approximate surface area is 197 Å². The van der Waals surface area contributed by atoms with Gasteiger partial charge in [-0.2, -0.15) is 4.72 Å². The van der Waals surface area contributed by atoms with Crippen LogP contribution in [-0.2, 0) is 21.2 Å². The normalized spacial score (nSPS) is 12.2. The topological polar surface area (TPSA) is 84.5 Å². The first-order chi connectivity index (χ1) is 15.2. The van der Waals surface area contributed by atoms with Crippen molar-refractivity contribution in [2.24, 2.45) is 0 Å². The number of sulfonamides is 1. The smallest absolute Gasteiger partial charge is 0.245 e. The highest BCUT2D eigenvalue weighted by Gasteiger charge is 2.29. The number of methoxy groups -OCH3 is 1. The summed E-state index contributed by atoms with van der Waals surface area (Å²) >= 11 is 12.3. The van der Waals surface area contributed by atoms with E-state index in [1.54, 1.807) is 37.3 Å². The third-order valence-corrected chi connectivity index (χ3v) is 6.84. The minimum absolute atomic E-state index is 0.0540. The van der Waals surface area contributed by atoms with Gasteiger partial charge in [-0.1, -0.05) is 65.7 Å². The summed E-state index contributed by atoms with van der Waals surface area (Å²) in [5.74, 6) is -0.421. The molecule has 6 nitrogen and oxygen atoms in total. The van der Waals surface area contributed by atoms with Crippen molar-refractivity contribution in [2.45, 2.75) is 24.3 Å². The van der Waals surface area contributed by atoms with Crippen molar-refractivity contribution in [3.05, 3.63) is 87.9 Å². The highest BCUT2D eigenvalue weighted by molar-refractivity contribution is 7.89. The summed E-state index contributed by atoms with van der Waals surface area (Å²) in [6.45, 7) is 1.77. The Kier molecular flexibility index (Phi) is 7.79. The van der Waals surface area contributed by atoms with Crippen LogP contribution in [0.25, 0.3) is 0 Å². The van der Waals surface area contributed by atoms with Crippen molar-refractivity contribution in [3.8, 4) is 5.75 Å². The van der Waals surface area contributed by atoms with Gasteiger partial charge in [0.05, 0.1) is 22.8 Å². The molecule has 0 aromatic heterocycles. The average Bonchev–Trinajstić information content (AvgIpc) is 2.76. The van der Waals surface area contributed by atoms with Gasteiger partial charge >= 0.3 is 0 Å². The Morgan fingerprint density at radius 1 is 1.00 bits per heavy atom. The Morgan fingerprint density at radius 3 is 2.28 bits per heavy atom. The maximum atomic E-state index is 13.2. The largest absolute Gasteiger partial charge is 0.495 e. The summed E-state index contributed by atoms with van der Waals surface area (Å²) in [5, 5.41) is 3.14. The van der Waals surface area contributed by atoms with Gasteiger partial charge in [0.15, 0.2) is 0 Å². The van der Waals surface area contributed by atoms with Crippen LogP contribution in [0.2, 0.25) is 10.0 Å². The first kappa shape index (κ1) is 24.1. The SMILES string of the molecule is COc1ccc(C)cc1S(=O)(=O)N[C@@H](Cc1ccccc1)C(=O)Nc1c(Cl)cccc1Cl. The fourth-order valence-electron chi connectivity index (χ4n) is 3.11. The number of hydrogen-bond acceptors (Lipinski definition) is 4. The molecule has 0 unspecified atom stereocenters. The van der Waals surface area contributed by atoms with Crippen molar-refractivity contribution in [3.63, 3.8) is 0 Å². The van der Waals surface area contributed by atoms with Crippen molar-refractivity contribution in [1.82, 2.24) is 4.72 Å². The maximum Gasteiger partial charge on any atom is 0.245 e. The van der Waals surface area contributed by atoms with E-state index in [2.05, 4.69) is 10.0 Å². The summed E-state index contributed by atoms with van der Waals surface area (Å²) in [4.78, 5) is 13.1. The van der Waals surface area contributed by atoms with Gasteiger partial charge in [-0.25, -0.2) is 8.42 Å². The predicted octanol–water partition coefficient (Wildman–Crippen LogP) is 4.84. The summed E-state index contributed by atoms with van der Waals surface area (Å²) in [5.41, 5.74) is 1.72. The van der Waals surface area contributed by atoms with Crippen LogP contribution in [0.3, 0.4) is 0 Å². The van der Waals surface area contributed by atoms with Crippen LogP contribution in [0.4, 0.5) is 5.69 Å². The molecule has 0 bridgehead atoms. The lowest BCUT2D eigenvalue weighted by molar-refractivity contribution is -0.117. The number of amides is 1. The minimum Gasteiger partial charge on any atom is -0.495 e. The second-order valence-corrected chi connectivity index (χ2v) is 9.60. The van der Waals surface area contributed by atoms with Gasteiger partial charge < -0.3 is 10.1 Å². The highest BCUT2D eigenvalue weighted by atomic mass is 35.5. The summed E-state index contributed by atoms with van der Waals surface area (Å²) < 4.78 is 34.2. The summed E-state index contributed by atoms with van der Waals surface area (Å²) in [6.07, 6.45) is 0.113. The molecule has 0 radical (unpaired) electrons. The lowest BCUT2D eigenvalue weighted by atomic mass is 10.1. The number of anilines is 1. The molecular formula is C23H22Cl2N2O4S. The van der Waals surface area contributed by atoms with E-state index in [0.717, 1.165) is 11.1 Å². The van der Waals surface area contributed by atoms with E-state index in [-0.39, 0.29) is 32.8 Å². The van der Waals surface area contributed by atoms with Crippen molar-refractivity contribution in [1.29, 1.82) is 0 Å². The monoisotopic (exact) mass is 492 g/mol. The number of nitrogens with one attached hydrogen (secondary N) is 2. The van der Waals surface area contributed by atoms with Crippen molar-refractivity contribution >= 4 is 44.8 Å². The Balaban J connectivity index is 1.96. The second-order valence-electron chi connectivity index (χ2n) is 7.10. The molecule has 0 saturated heterocycles. The number of para-hydroxylation sites is 1. The number of ether oxygens (including phenoxy) is 1. The summed E-state index contributed by atoms with van der Waals surface area (Å²) in [6, 6.07) is 17.6. The van der Waals surface area contributed by atoms with E-state index in [1.165, 1.54) is 13.2 Å². The Hall–Kier alpha value is -2.58. The molecule has 0 aliphatic carbocycles. The zero-order chi connectivity index (χ0) is 23.3. The van der Waals surface area contributed by atoms with Crippen LogP contribution in [0.1, 0.15) is 11.1 Å². The molecule has 9 heteroatoms. The molecule has 3 aromatic rings. The third kappa shape index (κ3) is 5.81. The van der Waals surface area contributed by atoms with Gasteiger partial charge in [-0.15, -0.1) is 0 Å². The lowest BCUT2D eigenvalue weighted by Gasteiger charge is -2.20. The van der Waals surface area contributed by atoms with E-state index in [9.17, 15) is 13.2 Å². The van der Waals surface area contributed by atoms with E-state index in [1.807, 2.05) is 30.3 Å². The predicted molar refractivity (Wildman–Crippen MR) is 127 cm³/mol. The van der Waals surface area contributed by atoms with E-state index in [0.29, 0.717) is 0 Å². The number of halogens is 2.